The molecule has 0 aliphatic rings. The lowest BCUT2D eigenvalue weighted by Gasteiger charge is -2.20. The van der Waals surface area contributed by atoms with E-state index in [-0.39, 0.29) is 5.92 Å². The molecule has 27 heavy (non-hydrogen) atoms. The Morgan fingerprint density at radius 2 is 1.15 bits per heavy atom. The molecule has 0 fully saturated rings. The van der Waals surface area contributed by atoms with Crippen molar-refractivity contribution in [2.24, 2.45) is 0 Å². The largest absolute Gasteiger partial charge is 0.514 e. The summed E-state index contributed by atoms with van der Waals surface area (Å²) in [5, 5.41) is 0. The van der Waals surface area contributed by atoms with Gasteiger partial charge in [-0.25, -0.2) is 4.79 Å². The Balaban J connectivity index is 1.85. The summed E-state index contributed by atoms with van der Waals surface area (Å²) in [4.78, 5) is 11.8. The maximum atomic E-state index is 11.8. The molecule has 0 amide bonds. The second-order valence-electron chi connectivity index (χ2n) is 7.39. The molecule has 0 N–H and O–H groups in total. The van der Waals surface area contributed by atoms with Crippen molar-refractivity contribution >= 4 is 6.16 Å². The maximum Gasteiger partial charge on any atom is 0.514 e. The van der Waals surface area contributed by atoms with Gasteiger partial charge < -0.3 is 9.47 Å². The molecule has 0 aromatic heterocycles. The van der Waals surface area contributed by atoms with Crippen LogP contribution < -0.4 is 4.74 Å². The topological polar surface area (TPSA) is 35.5 Å². The van der Waals surface area contributed by atoms with E-state index >= 15 is 0 Å². The van der Waals surface area contributed by atoms with Crippen molar-refractivity contribution < 1.29 is 14.3 Å². The number of hydrogen-bond donors (Lipinski definition) is 0. The van der Waals surface area contributed by atoms with Gasteiger partial charge >= 0.3 is 6.16 Å². The second kappa shape index (κ2) is 8.09. The van der Waals surface area contributed by atoms with Gasteiger partial charge in [0.1, 0.15) is 11.4 Å². The third kappa shape index (κ3) is 5.20. The third-order valence-electron chi connectivity index (χ3n) is 4.07. The Morgan fingerprint density at radius 3 is 1.59 bits per heavy atom. The molecule has 0 saturated carbocycles. The predicted octanol–water partition coefficient (Wildman–Crippen LogP) is 6.18. The zero-order valence-electron chi connectivity index (χ0n) is 15.9. The van der Waals surface area contributed by atoms with Gasteiger partial charge in [-0.05, 0) is 49.6 Å². The minimum atomic E-state index is -0.696. The van der Waals surface area contributed by atoms with Gasteiger partial charge in [0, 0.05) is 5.92 Å². The highest BCUT2D eigenvalue weighted by Gasteiger charge is 2.19. The Morgan fingerprint density at radius 1 is 0.704 bits per heavy atom. The molecule has 0 heterocycles. The van der Waals surface area contributed by atoms with Gasteiger partial charge in [-0.3, -0.25) is 0 Å². The molecule has 0 atom stereocenters. The highest BCUT2D eigenvalue weighted by Crippen LogP contribution is 2.32. The van der Waals surface area contributed by atoms with E-state index in [9.17, 15) is 4.79 Å². The lowest BCUT2D eigenvalue weighted by molar-refractivity contribution is 0.0206. The van der Waals surface area contributed by atoms with Crippen molar-refractivity contribution in [1.82, 2.24) is 0 Å². The van der Waals surface area contributed by atoms with Gasteiger partial charge in [0.25, 0.3) is 0 Å². The monoisotopic (exact) mass is 360 g/mol. The summed E-state index contributed by atoms with van der Waals surface area (Å²) in [7, 11) is 0. The van der Waals surface area contributed by atoms with Crippen LogP contribution in [0, 0.1) is 0 Å². The molecule has 0 bridgehead atoms. The zero-order valence-corrected chi connectivity index (χ0v) is 15.9. The average Bonchev–Trinajstić information content (AvgIpc) is 2.64. The molecule has 3 aromatic rings. The first-order chi connectivity index (χ1) is 12.9. The highest BCUT2D eigenvalue weighted by molar-refractivity contribution is 5.64. The van der Waals surface area contributed by atoms with E-state index in [1.54, 1.807) is 12.1 Å². The van der Waals surface area contributed by atoms with E-state index < -0.39 is 11.8 Å². The Kier molecular flexibility index (Phi) is 5.60. The molecular weight excluding hydrogens is 336 g/mol. The SMILES string of the molecule is CC(C)(C)OC(=O)Oc1ccc(C(c2ccccc2)c2ccccc2)cc1. The fourth-order valence-electron chi connectivity index (χ4n) is 2.96. The van der Waals surface area contributed by atoms with Crippen LogP contribution in [0.5, 0.6) is 5.75 Å². The van der Waals surface area contributed by atoms with Crippen LogP contribution in [0.3, 0.4) is 0 Å². The third-order valence-corrected chi connectivity index (χ3v) is 4.07. The number of carbonyl (C=O) groups is 1. The molecule has 0 saturated heterocycles. The second-order valence-corrected chi connectivity index (χ2v) is 7.39. The maximum absolute atomic E-state index is 11.8. The summed E-state index contributed by atoms with van der Waals surface area (Å²) in [6.45, 7) is 5.42. The molecule has 3 aromatic carbocycles. The van der Waals surface area contributed by atoms with Crippen LogP contribution in [0.2, 0.25) is 0 Å². The first kappa shape index (κ1) is 18.7. The van der Waals surface area contributed by atoms with E-state index in [1.807, 2.05) is 69.3 Å². The van der Waals surface area contributed by atoms with Crippen molar-refractivity contribution in [1.29, 1.82) is 0 Å². The summed E-state index contributed by atoms with van der Waals surface area (Å²) in [6, 6.07) is 28.3. The number of rotatable bonds is 4. The Bertz CT molecular complexity index is 824. The molecule has 138 valence electrons. The minimum absolute atomic E-state index is 0.114. The van der Waals surface area contributed by atoms with Crippen LogP contribution in [-0.4, -0.2) is 11.8 Å². The number of hydrogen-bond acceptors (Lipinski definition) is 3. The first-order valence-corrected chi connectivity index (χ1v) is 9.03. The van der Waals surface area contributed by atoms with Crippen LogP contribution in [0.1, 0.15) is 43.4 Å². The molecule has 0 radical (unpaired) electrons. The van der Waals surface area contributed by atoms with Crippen LogP contribution in [-0.2, 0) is 4.74 Å². The van der Waals surface area contributed by atoms with Gasteiger partial charge in [0.2, 0.25) is 0 Å². The van der Waals surface area contributed by atoms with E-state index in [2.05, 4.69) is 24.3 Å². The van der Waals surface area contributed by atoms with Gasteiger partial charge in [0.05, 0.1) is 0 Å². The molecule has 3 heteroatoms. The van der Waals surface area contributed by atoms with Crippen LogP contribution in [0.15, 0.2) is 84.9 Å². The van der Waals surface area contributed by atoms with Gasteiger partial charge in [-0.15, -0.1) is 0 Å². The first-order valence-electron chi connectivity index (χ1n) is 9.03. The molecule has 3 nitrogen and oxygen atoms in total. The molecular formula is C24H24O3. The summed E-state index contributed by atoms with van der Waals surface area (Å²) in [5.41, 5.74) is 2.97. The fraction of sp³-hybridized carbons (Fsp3) is 0.208. The number of ether oxygens (including phenoxy) is 2. The molecule has 3 rings (SSSR count). The summed E-state index contributed by atoms with van der Waals surface area (Å²) in [5.74, 6) is 0.579. The van der Waals surface area contributed by atoms with Gasteiger partial charge in [-0.2, -0.15) is 0 Å². The lowest BCUT2D eigenvalue weighted by Crippen LogP contribution is -2.25. The van der Waals surface area contributed by atoms with E-state index in [4.69, 9.17) is 9.47 Å². The quantitative estimate of drug-likeness (QED) is 0.316. The number of benzene rings is 3. The normalized spacial score (nSPS) is 11.3. The fourth-order valence-corrected chi connectivity index (χ4v) is 2.96. The molecule has 0 aliphatic carbocycles. The molecule has 0 unspecified atom stereocenters. The van der Waals surface area contributed by atoms with E-state index in [1.165, 1.54) is 11.1 Å². The van der Waals surface area contributed by atoms with Crippen molar-refractivity contribution in [2.45, 2.75) is 32.3 Å². The predicted molar refractivity (Wildman–Crippen MR) is 107 cm³/mol. The Hall–Kier alpha value is -3.07. The zero-order chi connectivity index (χ0) is 19.3. The van der Waals surface area contributed by atoms with Crippen LogP contribution >= 0.6 is 0 Å². The Labute approximate surface area is 160 Å². The summed E-state index contributed by atoms with van der Waals surface area (Å²) < 4.78 is 10.5. The van der Waals surface area contributed by atoms with Crippen molar-refractivity contribution in [3.63, 3.8) is 0 Å². The average molecular weight is 360 g/mol. The minimum Gasteiger partial charge on any atom is -0.428 e. The van der Waals surface area contributed by atoms with Crippen molar-refractivity contribution in [2.75, 3.05) is 0 Å². The van der Waals surface area contributed by atoms with Crippen molar-refractivity contribution in [3.05, 3.63) is 102 Å². The van der Waals surface area contributed by atoms with Gasteiger partial charge in [-0.1, -0.05) is 72.8 Å². The van der Waals surface area contributed by atoms with Crippen LogP contribution in [0.4, 0.5) is 4.79 Å². The smallest absolute Gasteiger partial charge is 0.428 e. The van der Waals surface area contributed by atoms with Gasteiger partial charge in [0.15, 0.2) is 0 Å². The standard InChI is InChI=1S/C24H24O3/c1-24(2,3)27-23(25)26-21-16-14-20(15-17-21)22(18-10-6-4-7-11-18)19-12-8-5-9-13-19/h4-17,22H,1-3H3. The molecule has 0 aliphatic heterocycles. The summed E-state index contributed by atoms with van der Waals surface area (Å²) in [6.07, 6.45) is -0.696. The molecule has 0 spiro atoms. The highest BCUT2D eigenvalue weighted by atomic mass is 16.7. The number of carbonyl (C=O) groups excluding carboxylic acids is 1. The summed E-state index contributed by atoms with van der Waals surface area (Å²) >= 11 is 0. The van der Waals surface area contributed by atoms with E-state index in [0.717, 1.165) is 5.56 Å². The van der Waals surface area contributed by atoms with E-state index in [0.29, 0.717) is 5.75 Å². The lowest BCUT2D eigenvalue weighted by atomic mass is 9.85. The van der Waals surface area contributed by atoms with Crippen molar-refractivity contribution in [3.8, 4) is 5.75 Å². The van der Waals surface area contributed by atoms with Crippen LogP contribution in [0.25, 0.3) is 0 Å².